The SMILES string of the molecule is CC1=Nn2c(nnc2C(F)(F)Cl)SC1=Cc1ccc(-c2ccc([N+](=O)[O-])cc2)o1. The summed E-state index contributed by atoms with van der Waals surface area (Å²) in [4.78, 5) is 10.9. The van der Waals surface area contributed by atoms with Crippen LogP contribution in [-0.2, 0) is 5.38 Å². The Hall–Kier alpha value is -3.05. The van der Waals surface area contributed by atoms with Crippen molar-refractivity contribution in [3.8, 4) is 11.3 Å². The number of aromatic nitrogens is 3. The predicted molar refractivity (Wildman–Crippen MR) is 103 cm³/mol. The standard InChI is InChI=1S/C17H10ClF2N5O3S/c1-9-14(29-16-22-21-15(17(18,19)20)24(16)23-9)8-12-6-7-13(28-12)10-2-4-11(5-3-10)25(26)27/h2-8H,1H3. The fourth-order valence-corrected chi connectivity index (χ4v) is 3.54. The van der Waals surface area contributed by atoms with Crippen LogP contribution in [0.5, 0.6) is 0 Å². The third-order valence-corrected chi connectivity index (χ3v) is 5.18. The Balaban J connectivity index is 1.60. The molecule has 12 heteroatoms. The number of alkyl halides is 3. The van der Waals surface area contributed by atoms with Crippen molar-refractivity contribution in [2.75, 3.05) is 0 Å². The van der Waals surface area contributed by atoms with Crippen molar-refractivity contribution >= 4 is 40.8 Å². The number of thioether (sulfide) groups is 1. The quantitative estimate of drug-likeness (QED) is 0.319. The molecule has 0 saturated heterocycles. The molecule has 3 heterocycles. The van der Waals surface area contributed by atoms with Crippen molar-refractivity contribution in [1.29, 1.82) is 0 Å². The van der Waals surface area contributed by atoms with E-state index in [0.717, 1.165) is 16.4 Å². The van der Waals surface area contributed by atoms with Crippen molar-refractivity contribution in [3.05, 3.63) is 63.0 Å². The number of rotatable bonds is 4. The van der Waals surface area contributed by atoms with E-state index < -0.39 is 16.1 Å². The highest BCUT2D eigenvalue weighted by atomic mass is 35.5. The summed E-state index contributed by atoms with van der Waals surface area (Å²) < 4.78 is 33.4. The molecule has 0 radical (unpaired) electrons. The lowest BCUT2D eigenvalue weighted by Gasteiger charge is -2.14. The van der Waals surface area contributed by atoms with Crippen LogP contribution in [-0.4, -0.2) is 25.5 Å². The van der Waals surface area contributed by atoms with E-state index in [9.17, 15) is 18.9 Å². The average molecular weight is 438 g/mol. The number of nitrogens with zero attached hydrogens (tertiary/aromatic N) is 5. The first kappa shape index (κ1) is 19.3. The van der Waals surface area contributed by atoms with Gasteiger partial charge in [-0.15, -0.1) is 10.2 Å². The van der Waals surface area contributed by atoms with E-state index in [1.807, 2.05) is 0 Å². The molecule has 4 rings (SSSR count). The van der Waals surface area contributed by atoms with Crippen molar-refractivity contribution < 1.29 is 18.1 Å². The van der Waals surface area contributed by atoms with Gasteiger partial charge in [0.05, 0.1) is 10.6 Å². The number of nitro groups is 1. The number of hydrogen-bond donors (Lipinski definition) is 0. The van der Waals surface area contributed by atoms with Crippen LogP contribution in [0.2, 0.25) is 0 Å². The maximum absolute atomic E-state index is 13.4. The van der Waals surface area contributed by atoms with Gasteiger partial charge in [0.1, 0.15) is 11.5 Å². The topological polar surface area (TPSA) is 99.3 Å². The Morgan fingerprint density at radius 2 is 1.97 bits per heavy atom. The van der Waals surface area contributed by atoms with E-state index in [1.165, 1.54) is 12.1 Å². The van der Waals surface area contributed by atoms with Gasteiger partial charge in [-0.2, -0.15) is 18.6 Å². The average Bonchev–Trinajstić information content (AvgIpc) is 3.29. The molecular formula is C17H10ClF2N5O3S. The molecule has 0 bridgehead atoms. The normalized spacial score (nSPS) is 15.3. The first-order valence-corrected chi connectivity index (χ1v) is 9.24. The third-order valence-electron chi connectivity index (χ3n) is 3.94. The molecule has 1 aliphatic heterocycles. The molecule has 0 spiro atoms. The van der Waals surface area contributed by atoms with Gasteiger partial charge in [-0.05, 0) is 60.6 Å². The molecule has 0 N–H and O–H groups in total. The molecular weight excluding hydrogens is 428 g/mol. The van der Waals surface area contributed by atoms with Crippen molar-refractivity contribution in [1.82, 2.24) is 14.9 Å². The predicted octanol–water partition coefficient (Wildman–Crippen LogP) is 5.11. The van der Waals surface area contributed by atoms with Gasteiger partial charge in [-0.1, -0.05) is 0 Å². The number of benzene rings is 1. The summed E-state index contributed by atoms with van der Waals surface area (Å²) in [5.74, 6) is 0.263. The number of fused-ring (bicyclic) bond motifs is 1. The maximum atomic E-state index is 13.4. The maximum Gasteiger partial charge on any atom is 0.383 e. The molecule has 2 aromatic heterocycles. The van der Waals surface area contributed by atoms with E-state index in [-0.39, 0.29) is 10.8 Å². The zero-order valence-corrected chi connectivity index (χ0v) is 16.1. The number of hydrogen-bond acceptors (Lipinski definition) is 7. The molecule has 0 amide bonds. The number of non-ortho nitro benzene ring substituents is 1. The molecule has 148 valence electrons. The van der Waals surface area contributed by atoms with Gasteiger partial charge in [0, 0.05) is 22.6 Å². The Morgan fingerprint density at radius 1 is 1.24 bits per heavy atom. The second-order valence-electron chi connectivity index (χ2n) is 5.92. The summed E-state index contributed by atoms with van der Waals surface area (Å²) in [6.07, 6.45) is 1.69. The summed E-state index contributed by atoms with van der Waals surface area (Å²) in [5.41, 5.74) is 1.12. The summed E-state index contributed by atoms with van der Waals surface area (Å²) in [6.45, 7) is 1.65. The van der Waals surface area contributed by atoms with Crippen LogP contribution in [0.15, 0.2) is 56.0 Å². The molecule has 0 fully saturated rings. The van der Waals surface area contributed by atoms with Crippen LogP contribution < -0.4 is 0 Å². The molecule has 0 atom stereocenters. The minimum atomic E-state index is -3.68. The largest absolute Gasteiger partial charge is 0.457 e. The lowest BCUT2D eigenvalue weighted by Crippen LogP contribution is -2.15. The molecule has 0 saturated carbocycles. The molecule has 1 aliphatic rings. The fraction of sp³-hybridized carbons (Fsp3) is 0.118. The minimum absolute atomic E-state index is 0.0147. The van der Waals surface area contributed by atoms with Crippen LogP contribution in [0, 0.1) is 10.1 Å². The van der Waals surface area contributed by atoms with E-state index >= 15 is 0 Å². The smallest absolute Gasteiger partial charge is 0.383 e. The Kier molecular flexibility index (Phi) is 4.71. The zero-order chi connectivity index (χ0) is 20.8. The first-order valence-electron chi connectivity index (χ1n) is 8.05. The van der Waals surface area contributed by atoms with Gasteiger partial charge in [0.15, 0.2) is 0 Å². The molecule has 1 aromatic carbocycles. The van der Waals surface area contributed by atoms with Crippen molar-refractivity contribution in [2.24, 2.45) is 5.10 Å². The Bertz CT molecular complexity index is 1160. The Labute approximate surface area is 171 Å². The monoisotopic (exact) mass is 437 g/mol. The van der Waals surface area contributed by atoms with E-state index in [4.69, 9.17) is 16.0 Å². The highest BCUT2D eigenvalue weighted by Crippen LogP contribution is 2.38. The van der Waals surface area contributed by atoms with E-state index in [0.29, 0.717) is 27.7 Å². The minimum Gasteiger partial charge on any atom is -0.457 e. The van der Waals surface area contributed by atoms with Crippen molar-refractivity contribution in [3.63, 3.8) is 0 Å². The van der Waals surface area contributed by atoms with Crippen LogP contribution in [0.25, 0.3) is 17.4 Å². The summed E-state index contributed by atoms with van der Waals surface area (Å²) >= 11 is 6.14. The van der Waals surface area contributed by atoms with Gasteiger partial charge < -0.3 is 4.42 Å². The number of allylic oxidation sites excluding steroid dienone is 1. The third kappa shape index (κ3) is 3.78. The van der Waals surface area contributed by atoms with Crippen LogP contribution >= 0.6 is 23.4 Å². The summed E-state index contributed by atoms with van der Waals surface area (Å²) in [5, 5.41) is 18.4. The molecule has 0 unspecified atom stereocenters. The number of halogens is 3. The van der Waals surface area contributed by atoms with E-state index in [1.54, 1.807) is 37.3 Å². The zero-order valence-electron chi connectivity index (χ0n) is 14.5. The number of furan rings is 1. The number of nitro benzene ring substituents is 1. The lowest BCUT2D eigenvalue weighted by atomic mass is 10.1. The molecule has 3 aromatic rings. The van der Waals surface area contributed by atoms with Crippen LogP contribution in [0.4, 0.5) is 14.5 Å². The van der Waals surface area contributed by atoms with Gasteiger partial charge in [-0.25, -0.2) is 0 Å². The summed E-state index contributed by atoms with van der Waals surface area (Å²) in [6, 6.07) is 9.40. The summed E-state index contributed by atoms with van der Waals surface area (Å²) in [7, 11) is 0. The van der Waals surface area contributed by atoms with Gasteiger partial charge in [-0.3, -0.25) is 10.1 Å². The molecule has 0 aliphatic carbocycles. The second kappa shape index (κ2) is 7.08. The van der Waals surface area contributed by atoms with Gasteiger partial charge >= 0.3 is 5.38 Å². The molecule has 29 heavy (non-hydrogen) atoms. The highest BCUT2D eigenvalue weighted by molar-refractivity contribution is 8.04. The first-order chi connectivity index (χ1) is 13.7. The lowest BCUT2D eigenvalue weighted by molar-refractivity contribution is -0.384. The Morgan fingerprint density at radius 3 is 2.62 bits per heavy atom. The van der Waals surface area contributed by atoms with Gasteiger partial charge in [0.2, 0.25) is 11.0 Å². The highest BCUT2D eigenvalue weighted by Gasteiger charge is 2.37. The fourth-order valence-electron chi connectivity index (χ4n) is 2.56. The van der Waals surface area contributed by atoms with Crippen molar-refractivity contribution in [2.45, 2.75) is 17.5 Å². The van der Waals surface area contributed by atoms with Crippen LogP contribution in [0.1, 0.15) is 18.5 Å². The molecule has 8 nitrogen and oxygen atoms in total. The second-order valence-corrected chi connectivity index (χ2v) is 7.40. The van der Waals surface area contributed by atoms with Gasteiger partial charge in [0.25, 0.3) is 5.69 Å². The van der Waals surface area contributed by atoms with E-state index in [2.05, 4.69) is 15.3 Å². The van der Waals surface area contributed by atoms with Crippen LogP contribution in [0.3, 0.4) is 0 Å².